The van der Waals surface area contributed by atoms with Crippen molar-refractivity contribution in [2.75, 3.05) is 0 Å². The minimum absolute atomic E-state index is 0.401. The normalized spacial score (nSPS) is 17.7. The number of fused-ring (bicyclic) bond motifs is 1. The Morgan fingerprint density at radius 3 is 2.94 bits per heavy atom. The third-order valence-corrected chi connectivity index (χ3v) is 4.30. The van der Waals surface area contributed by atoms with Gasteiger partial charge < -0.3 is 5.11 Å². The van der Waals surface area contributed by atoms with Crippen LogP contribution in [0, 0.1) is 0 Å². The molecule has 4 nitrogen and oxygen atoms in total. The lowest BCUT2D eigenvalue weighted by molar-refractivity contribution is -0.138. The molecule has 0 saturated heterocycles. The molecule has 0 saturated carbocycles. The molecule has 0 amide bonds. The number of rotatable bonds is 3. The van der Waals surface area contributed by atoms with E-state index in [2.05, 4.69) is 9.97 Å². The number of aryl methyl sites for hydroxylation is 1. The summed E-state index contributed by atoms with van der Waals surface area (Å²) in [6, 6.07) is 3.92. The van der Waals surface area contributed by atoms with E-state index in [-0.39, 0.29) is 0 Å². The van der Waals surface area contributed by atoms with Gasteiger partial charge in [-0.1, -0.05) is 0 Å². The Hall–Kier alpha value is -1.75. The number of pyridine rings is 1. The third-order valence-electron chi connectivity index (χ3n) is 3.16. The van der Waals surface area contributed by atoms with Crippen molar-refractivity contribution in [3.05, 3.63) is 45.7 Å². The average Bonchev–Trinajstić information content (AvgIpc) is 2.89. The maximum Gasteiger partial charge on any atom is 0.312 e. The van der Waals surface area contributed by atoms with Crippen LogP contribution < -0.4 is 0 Å². The summed E-state index contributed by atoms with van der Waals surface area (Å²) in [4.78, 5) is 20.7. The number of hydrogen-bond acceptors (Lipinski definition) is 4. The molecule has 1 atom stereocenters. The molecule has 1 unspecified atom stereocenters. The largest absolute Gasteiger partial charge is 0.481 e. The van der Waals surface area contributed by atoms with Gasteiger partial charge in [-0.05, 0) is 30.5 Å². The van der Waals surface area contributed by atoms with Crippen LogP contribution in [0.2, 0.25) is 0 Å². The van der Waals surface area contributed by atoms with Gasteiger partial charge in [-0.25, -0.2) is 4.98 Å². The van der Waals surface area contributed by atoms with E-state index in [1.54, 1.807) is 23.7 Å². The fourth-order valence-electron chi connectivity index (χ4n) is 2.27. The minimum Gasteiger partial charge on any atom is -0.481 e. The molecule has 2 aromatic rings. The van der Waals surface area contributed by atoms with Gasteiger partial charge in [-0.2, -0.15) is 0 Å². The van der Waals surface area contributed by atoms with Crippen molar-refractivity contribution in [3.63, 3.8) is 0 Å². The van der Waals surface area contributed by atoms with Gasteiger partial charge in [0.15, 0.2) is 0 Å². The van der Waals surface area contributed by atoms with Crippen LogP contribution in [-0.2, 0) is 17.6 Å². The predicted octanol–water partition coefficient (Wildman–Crippen LogP) is 2.24. The summed E-state index contributed by atoms with van der Waals surface area (Å²) in [5, 5.41) is 10.1. The summed E-state index contributed by atoms with van der Waals surface area (Å²) >= 11 is 1.64. The van der Waals surface area contributed by atoms with E-state index < -0.39 is 11.9 Å². The number of carboxylic acids is 1. The van der Waals surface area contributed by atoms with Crippen LogP contribution in [-0.4, -0.2) is 21.0 Å². The molecular weight excluding hydrogens is 248 g/mol. The van der Waals surface area contributed by atoms with Crippen LogP contribution in [0.1, 0.15) is 33.5 Å². The highest BCUT2D eigenvalue weighted by atomic mass is 32.1. The van der Waals surface area contributed by atoms with Crippen molar-refractivity contribution in [1.29, 1.82) is 0 Å². The molecule has 2 aromatic heterocycles. The zero-order valence-electron chi connectivity index (χ0n) is 9.67. The number of hydrogen-bond donors (Lipinski definition) is 1. The van der Waals surface area contributed by atoms with Gasteiger partial charge >= 0.3 is 5.97 Å². The lowest BCUT2D eigenvalue weighted by atomic mass is 10.1. The van der Waals surface area contributed by atoms with Gasteiger partial charge in [-0.3, -0.25) is 9.78 Å². The monoisotopic (exact) mass is 260 g/mol. The van der Waals surface area contributed by atoms with Crippen molar-refractivity contribution in [2.24, 2.45) is 0 Å². The first-order valence-electron chi connectivity index (χ1n) is 5.84. The molecule has 0 bridgehead atoms. The van der Waals surface area contributed by atoms with Gasteiger partial charge in [0.05, 0.1) is 10.7 Å². The number of thiazole rings is 1. The van der Waals surface area contributed by atoms with Crippen LogP contribution in [0.25, 0.3) is 0 Å². The lowest BCUT2D eigenvalue weighted by Gasteiger charge is -2.01. The van der Waals surface area contributed by atoms with Crippen LogP contribution >= 0.6 is 11.3 Å². The summed E-state index contributed by atoms with van der Waals surface area (Å²) < 4.78 is 0. The second-order valence-electron chi connectivity index (χ2n) is 4.38. The number of aromatic nitrogens is 2. The van der Waals surface area contributed by atoms with E-state index in [0.29, 0.717) is 6.42 Å². The first-order valence-corrected chi connectivity index (χ1v) is 6.66. The second-order valence-corrected chi connectivity index (χ2v) is 5.55. The molecule has 0 fully saturated rings. The summed E-state index contributed by atoms with van der Waals surface area (Å²) in [5.74, 6) is -1.16. The minimum atomic E-state index is -0.755. The SMILES string of the molecule is O=C(O)C1CCc2sc(Cc3ccncc3)nc21. The molecular formula is C13H12N2O2S. The first-order chi connectivity index (χ1) is 8.74. The van der Waals surface area contributed by atoms with Crippen LogP contribution in [0.3, 0.4) is 0 Å². The molecule has 0 radical (unpaired) electrons. The smallest absolute Gasteiger partial charge is 0.312 e. The fourth-order valence-corrected chi connectivity index (χ4v) is 3.45. The maximum atomic E-state index is 11.1. The highest BCUT2D eigenvalue weighted by Gasteiger charge is 2.32. The van der Waals surface area contributed by atoms with Crippen molar-refractivity contribution in [2.45, 2.75) is 25.2 Å². The third kappa shape index (κ3) is 2.01. The molecule has 1 aliphatic rings. The summed E-state index contributed by atoms with van der Waals surface area (Å²) in [6.07, 6.45) is 5.82. The summed E-state index contributed by atoms with van der Waals surface area (Å²) in [5.41, 5.74) is 1.95. The van der Waals surface area contributed by atoms with Gasteiger partial charge in [-0.15, -0.1) is 11.3 Å². The fraction of sp³-hybridized carbons (Fsp3) is 0.308. The Bertz CT molecular complexity index is 580. The molecule has 0 spiro atoms. The van der Waals surface area contributed by atoms with Gasteiger partial charge in [0, 0.05) is 23.7 Å². The maximum absolute atomic E-state index is 11.1. The van der Waals surface area contributed by atoms with E-state index >= 15 is 0 Å². The molecule has 2 heterocycles. The number of carbonyl (C=O) groups is 1. The topological polar surface area (TPSA) is 63.1 Å². The highest BCUT2D eigenvalue weighted by molar-refractivity contribution is 7.11. The van der Waals surface area contributed by atoms with Crippen molar-refractivity contribution in [3.8, 4) is 0 Å². The van der Waals surface area contributed by atoms with E-state index in [4.69, 9.17) is 5.11 Å². The van der Waals surface area contributed by atoms with E-state index in [1.165, 1.54) is 0 Å². The Morgan fingerprint density at radius 1 is 1.44 bits per heavy atom. The number of carboxylic acid groups (broad SMARTS) is 1. The number of aliphatic carboxylic acids is 1. The molecule has 92 valence electrons. The molecule has 1 N–H and O–H groups in total. The Balaban J connectivity index is 1.84. The van der Waals surface area contributed by atoms with Gasteiger partial charge in [0.1, 0.15) is 5.92 Å². The van der Waals surface area contributed by atoms with Gasteiger partial charge in [0.2, 0.25) is 0 Å². The standard InChI is InChI=1S/C13H12N2O2S/c16-13(17)9-1-2-10-12(9)15-11(18-10)7-8-3-5-14-6-4-8/h3-6,9H,1-2,7H2,(H,16,17). The summed E-state index contributed by atoms with van der Waals surface area (Å²) in [6.45, 7) is 0. The van der Waals surface area contributed by atoms with Crippen LogP contribution in [0.5, 0.6) is 0 Å². The van der Waals surface area contributed by atoms with Crippen molar-refractivity contribution in [1.82, 2.24) is 9.97 Å². The molecule has 0 aromatic carbocycles. The lowest BCUT2D eigenvalue weighted by Crippen LogP contribution is -2.08. The first kappa shape index (κ1) is 11.3. The van der Waals surface area contributed by atoms with Crippen LogP contribution in [0.15, 0.2) is 24.5 Å². The van der Waals surface area contributed by atoms with E-state index in [9.17, 15) is 4.79 Å². The van der Waals surface area contributed by atoms with Crippen LogP contribution in [0.4, 0.5) is 0 Å². The Morgan fingerprint density at radius 2 is 2.22 bits per heavy atom. The molecule has 18 heavy (non-hydrogen) atoms. The number of nitrogens with zero attached hydrogens (tertiary/aromatic N) is 2. The Labute approximate surface area is 108 Å². The molecule has 1 aliphatic carbocycles. The van der Waals surface area contributed by atoms with E-state index in [1.807, 2.05) is 12.1 Å². The second kappa shape index (κ2) is 4.49. The predicted molar refractivity (Wildman–Crippen MR) is 67.9 cm³/mol. The van der Waals surface area contributed by atoms with E-state index in [0.717, 1.165) is 34.0 Å². The Kier molecular flexibility index (Phi) is 2.83. The molecule has 3 rings (SSSR count). The van der Waals surface area contributed by atoms with Crippen molar-refractivity contribution < 1.29 is 9.90 Å². The summed E-state index contributed by atoms with van der Waals surface area (Å²) in [7, 11) is 0. The zero-order valence-corrected chi connectivity index (χ0v) is 10.5. The quantitative estimate of drug-likeness (QED) is 0.919. The van der Waals surface area contributed by atoms with Gasteiger partial charge in [0.25, 0.3) is 0 Å². The molecule has 0 aliphatic heterocycles. The zero-order chi connectivity index (χ0) is 12.5. The molecule has 5 heteroatoms. The average molecular weight is 260 g/mol. The highest BCUT2D eigenvalue weighted by Crippen LogP contribution is 2.37. The van der Waals surface area contributed by atoms with Crippen molar-refractivity contribution >= 4 is 17.3 Å².